The number of benzene rings is 1. The Hall–Kier alpha value is -2.96. The Morgan fingerprint density at radius 2 is 2.10 bits per heavy atom. The van der Waals surface area contributed by atoms with Gasteiger partial charge in [0.2, 0.25) is 0 Å². The highest BCUT2D eigenvalue weighted by Gasteiger charge is 2.12. The van der Waals surface area contributed by atoms with Crippen LogP contribution in [0.25, 0.3) is 11.0 Å². The number of para-hydroxylation sites is 2. The number of nitrogens with one attached hydrogen (secondary N) is 1. The van der Waals surface area contributed by atoms with E-state index in [4.69, 9.17) is 10.8 Å². The number of carboxylic acid groups (broad SMARTS) is 1. The van der Waals surface area contributed by atoms with Crippen LogP contribution in [-0.4, -0.2) is 31.0 Å². The average molecular weight is 269 g/mol. The maximum Gasteiger partial charge on any atom is 0.341 e. The van der Waals surface area contributed by atoms with E-state index in [0.717, 1.165) is 11.0 Å². The highest BCUT2D eigenvalue weighted by atomic mass is 16.4. The number of aromatic nitrogens is 4. The number of carboxylic acids is 1. The van der Waals surface area contributed by atoms with E-state index in [1.54, 1.807) is 0 Å². The van der Waals surface area contributed by atoms with Crippen molar-refractivity contribution in [2.45, 2.75) is 6.42 Å². The van der Waals surface area contributed by atoms with Gasteiger partial charge < -0.3 is 15.8 Å². The monoisotopic (exact) mass is 269 g/mol. The molecule has 0 unspecified atom stereocenters. The number of rotatable bonds is 3. The number of imidazole rings is 1. The number of hydrogen-bond donors (Lipinski definition) is 3. The average Bonchev–Trinajstić information content (AvgIpc) is 2.80. The van der Waals surface area contributed by atoms with Crippen LogP contribution >= 0.6 is 0 Å². The first-order valence-corrected chi connectivity index (χ1v) is 5.92. The van der Waals surface area contributed by atoms with Crippen LogP contribution in [-0.2, 0) is 6.42 Å². The van der Waals surface area contributed by atoms with Crippen LogP contribution in [0.15, 0.2) is 30.5 Å². The zero-order valence-corrected chi connectivity index (χ0v) is 10.4. The van der Waals surface area contributed by atoms with Crippen LogP contribution in [0.2, 0.25) is 0 Å². The van der Waals surface area contributed by atoms with E-state index in [2.05, 4.69) is 19.9 Å². The van der Waals surface area contributed by atoms with E-state index in [0.29, 0.717) is 18.1 Å². The van der Waals surface area contributed by atoms with Crippen LogP contribution in [0.3, 0.4) is 0 Å². The number of fused-ring (bicyclic) bond motifs is 1. The minimum absolute atomic E-state index is 0.0430. The Balaban J connectivity index is 1.90. The fraction of sp³-hybridized carbons (Fsp3) is 0.0769. The molecule has 4 N–H and O–H groups in total. The van der Waals surface area contributed by atoms with Gasteiger partial charge in [0.05, 0.1) is 17.5 Å². The molecule has 100 valence electrons. The third-order valence-corrected chi connectivity index (χ3v) is 2.86. The van der Waals surface area contributed by atoms with E-state index < -0.39 is 5.97 Å². The minimum atomic E-state index is -1.14. The summed E-state index contributed by atoms with van der Waals surface area (Å²) in [4.78, 5) is 26.4. The topological polar surface area (TPSA) is 118 Å². The summed E-state index contributed by atoms with van der Waals surface area (Å²) < 4.78 is 0. The van der Waals surface area contributed by atoms with Crippen molar-refractivity contribution >= 4 is 22.8 Å². The first-order chi connectivity index (χ1) is 9.63. The summed E-state index contributed by atoms with van der Waals surface area (Å²) in [5, 5.41) is 8.86. The first-order valence-electron chi connectivity index (χ1n) is 5.92. The molecule has 0 saturated heterocycles. The number of aromatic amines is 1. The zero-order valence-electron chi connectivity index (χ0n) is 10.4. The van der Waals surface area contributed by atoms with Gasteiger partial charge in [0, 0.05) is 6.20 Å². The molecule has 3 rings (SSSR count). The van der Waals surface area contributed by atoms with Crippen LogP contribution in [0, 0.1) is 0 Å². The molecule has 0 fully saturated rings. The molecule has 0 saturated carbocycles. The van der Waals surface area contributed by atoms with Gasteiger partial charge in [-0.15, -0.1) is 0 Å². The van der Waals surface area contributed by atoms with Crippen LogP contribution in [0.4, 0.5) is 5.82 Å². The third-order valence-electron chi connectivity index (χ3n) is 2.86. The number of nitrogen functional groups attached to an aromatic ring is 1. The van der Waals surface area contributed by atoms with Crippen LogP contribution in [0.1, 0.15) is 22.0 Å². The minimum Gasteiger partial charge on any atom is -0.477 e. The molecular formula is C13H11N5O2. The number of nitrogens with two attached hydrogens (primary N) is 1. The summed E-state index contributed by atoms with van der Waals surface area (Å²) in [6, 6.07) is 7.65. The van der Waals surface area contributed by atoms with Crippen molar-refractivity contribution in [3.63, 3.8) is 0 Å². The van der Waals surface area contributed by atoms with Gasteiger partial charge >= 0.3 is 5.97 Å². The van der Waals surface area contributed by atoms with E-state index in [1.165, 1.54) is 6.20 Å². The Morgan fingerprint density at radius 3 is 2.80 bits per heavy atom. The van der Waals surface area contributed by atoms with Crippen molar-refractivity contribution in [2.75, 3.05) is 5.73 Å². The van der Waals surface area contributed by atoms with E-state index in [-0.39, 0.29) is 11.4 Å². The summed E-state index contributed by atoms with van der Waals surface area (Å²) in [5.41, 5.74) is 7.28. The molecule has 3 aromatic rings. The van der Waals surface area contributed by atoms with Crippen molar-refractivity contribution in [3.8, 4) is 0 Å². The van der Waals surface area contributed by atoms with Gasteiger partial charge in [-0.3, -0.25) is 0 Å². The predicted molar refractivity (Wildman–Crippen MR) is 72.3 cm³/mol. The van der Waals surface area contributed by atoms with Crippen LogP contribution < -0.4 is 5.73 Å². The van der Waals surface area contributed by atoms with Crippen molar-refractivity contribution in [3.05, 3.63) is 47.7 Å². The second-order valence-corrected chi connectivity index (χ2v) is 4.27. The number of H-pyrrole nitrogens is 1. The van der Waals surface area contributed by atoms with E-state index >= 15 is 0 Å². The summed E-state index contributed by atoms with van der Waals surface area (Å²) in [6.07, 6.45) is 1.57. The summed E-state index contributed by atoms with van der Waals surface area (Å²) in [5.74, 6) is -0.0587. The fourth-order valence-corrected chi connectivity index (χ4v) is 1.92. The lowest BCUT2D eigenvalue weighted by Crippen LogP contribution is -2.09. The SMILES string of the molecule is Nc1nc(Cc2nc3ccccc3[nH]2)ncc1C(=O)O. The molecule has 0 atom stereocenters. The Labute approximate surface area is 113 Å². The van der Waals surface area contributed by atoms with Crippen molar-refractivity contribution < 1.29 is 9.90 Å². The molecular weight excluding hydrogens is 258 g/mol. The molecule has 0 bridgehead atoms. The second kappa shape index (κ2) is 4.61. The Bertz CT molecular complexity index is 763. The molecule has 0 aliphatic carbocycles. The van der Waals surface area contributed by atoms with Crippen LogP contribution in [0.5, 0.6) is 0 Å². The van der Waals surface area contributed by atoms with Gasteiger partial charge in [0.1, 0.15) is 23.0 Å². The second-order valence-electron chi connectivity index (χ2n) is 4.27. The lowest BCUT2D eigenvalue weighted by Gasteiger charge is -2.01. The summed E-state index contributed by atoms with van der Waals surface area (Å²) >= 11 is 0. The highest BCUT2D eigenvalue weighted by Crippen LogP contribution is 2.13. The smallest absolute Gasteiger partial charge is 0.341 e. The quantitative estimate of drug-likeness (QED) is 0.658. The molecule has 1 aromatic carbocycles. The molecule has 2 aromatic heterocycles. The summed E-state index contributed by atoms with van der Waals surface area (Å²) in [7, 11) is 0. The van der Waals surface area contributed by atoms with Crippen molar-refractivity contribution in [2.24, 2.45) is 0 Å². The maximum absolute atomic E-state index is 10.8. The fourth-order valence-electron chi connectivity index (χ4n) is 1.92. The molecule has 20 heavy (non-hydrogen) atoms. The van der Waals surface area contributed by atoms with Gasteiger partial charge in [-0.2, -0.15) is 0 Å². The largest absolute Gasteiger partial charge is 0.477 e. The number of nitrogens with zero attached hydrogens (tertiary/aromatic N) is 3. The Kier molecular flexibility index (Phi) is 2.79. The molecule has 0 radical (unpaired) electrons. The molecule has 0 spiro atoms. The molecule has 2 heterocycles. The number of carbonyl (C=O) groups is 1. The molecule has 7 heteroatoms. The lowest BCUT2D eigenvalue weighted by molar-refractivity contribution is 0.0697. The third kappa shape index (κ3) is 2.16. The number of anilines is 1. The van der Waals surface area contributed by atoms with Gasteiger partial charge in [0.25, 0.3) is 0 Å². The lowest BCUT2D eigenvalue weighted by atomic mass is 10.3. The van der Waals surface area contributed by atoms with Gasteiger partial charge in [-0.25, -0.2) is 19.7 Å². The number of aromatic carboxylic acids is 1. The van der Waals surface area contributed by atoms with E-state index in [1.807, 2.05) is 24.3 Å². The van der Waals surface area contributed by atoms with Crippen molar-refractivity contribution in [1.82, 2.24) is 19.9 Å². The van der Waals surface area contributed by atoms with E-state index in [9.17, 15) is 4.79 Å². The van der Waals surface area contributed by atoms with Gasteiger partial charge in [-0.1, -0.05) is 12.1 Å². The predicted octanol–water partition coefficient (Wildman–Crippen LogP) is 1.22. The molecule has 0 aliphatic rings. The first kappa shape index (κ1) is 12.1. The van der Waals surface area contributed by atoms with Crippen molar-refractivity contribution in [1.29, 1.82) is 0 Å². The maximum atomic E-state index is 10.8. The molecule has 7 nitrogen and oxygen atoms in total. The standard InChI is InChI=1S/C13H11N5O2/c14-12-7(13(19)20)6-15-10(18-12)5-11-16-8-3-1-2-4-9(8)17-11/h1-4,6H,5H2,(H,16,17)(H,19,20)(H2,14,15,18). The summed E-state index contributed by atoms with van der Waals surface area (Å²) in [6.45, 7) is 0. The normalized spacial score (nSPS) is 10.8. The van der Waals surface area contributed by atoms with Gasteiger partial charge in [-0.05, 0) is 12.1 Å². The Morgan fingerprint density at radius 1 is 1.30 bits per heavy atom. The zero-order chi connectivity index (χ0) is 14.1. The molecule has 0 amide bonds. The van der Waals surface area contributed by atoms with Gasteiger partial charge in [0.15, 0.2) is 0 Å². The highest BCUT2D eigenvalue weighted by molar-refractivity contribution is 5.92. The molecule has 0 aliphatic heterocycles. The number of hydrogen-bond acceptors (Lipinski definition) is 5.